The van der Waals surface area contributed by atoms with Crippen LogP contribution in [-0.2, 0) is 11.3 Å². The van der Waals surface area contributed by atoms with Gasteiger partial charge >= 0.3 is 0 Å². The zero-order valence-electron chi connectivity index (χ0n) is 9.43. The Morgan fingerprint density at radius 1 is 1.53 bits per heavy atom. The van der Waals surface area contributed by atoms with Crippen LogP contribution in [-0.4, -0.2) is 10.9 Å². The molecule has 1 aromatic carbocycles. The quantitative estimate of drug-likeness (QED) is 0.811. The summed E-state index contributed by atoms with van der Waals surface area (Å²) in [7, 11) is 0. The van der Waals surface area contributed by atoms with Gasteiger partial charge in [0, 0.05) is 22.7 Å². The summed E-state index contributed by atoms with van der Waals surface area (Å²) >= 11 is 0. The molecule has 1 atom stereocenters. The molecule has 0 spiro atoms. The second-order valence-electron chi connectivity index (χ2n) is 4.24. The molecule has 2 aromatic rings. The number of ether oxygens (including phenoxy) is 1. The number of amides is 1. The van der Waals surface area contributed by atoms with Crippen molar-refractivity contribution in [3.8, 4) is 0 Å². The number of aromatic nitrogens is 1. The molecule has 0 saturated heterocycles. The summed E-state index contributed by atoms with van der Waals surface area (Å²) in [6, 6.07) is 5.31. The normalized spacial score (nSPS) is 18.3. The second kappa shape index (κ2) is 3.53. The minimum absolute atomic E-state index is 0.0686. The fraction of sp³-hybridized carbons (Fsp3) is 0.231. The predicted molar refractivity (Wildman–Crippen MR) is 63.5 cm³/mol. The highest BCUT2D eigenvalue weighted by Crippen LogP contribution is 2.34. The first-order valence-electron chi connectivity index (χ1n) is 5.50. The van der Waals surface area contributed by atoms with E-state index in [1.165, 1.54) is 0 Å². The predicted octanol–water partition coefficient (Wildman–Crippen LogP) is 1.92. The summed E-state index contributed by atoms with van der Waals surface area (Å²) < 4.78 is 5.58. The number of rotatable bonds is 1. The molecule has 0 fully saturated rings. The van der Waals surface area contributed by atoms with E-state index < -0.39 is 5.91 Å². The molecule has 0 radical (unpaired) electrons. The second-order valence-corrected chi connectivity index (χ2v) is 4.24. The monoisotopic (exact) mass is 228 g/mol. The first-order valence-corrected chi connectivity index (χ1v) is 5.50. The molecule has 86 valence electrons. The van der Waals surface area contributed by atoms with E-state index in [2.05, 4.69) is 4.98 Å². The summed E-state index contributed by atoms with van der Waals surface area (Å²) in [5, 5.41) is 0.961. The van der Waals surface area contributed by atoms with Crippen molar-refractivity contribution < 1.29 is 9.53 Å². The molecule has 0 bridgehead atoms. The van der Waals surface area contributed by atoms with Gasteiger partial charge in [0.25, 0.3) is 0 Å². The van der Waals surface area contributed by atoms with Crippen LogP contribution in [0.1, 0.15) is 34.5 Å². The Balaban J connectivity index is 2.30. The van der Waals surface area contributed by atoms with Crippen molar-refractivity contribution in [1.82, 2.24) is 4.98 Å². The van der Waals surface area contributed by atoms with Gasteiger partial charge in [-0.15, -0.1) is 0 Å². The summed E-state index contributed by atoms with van der Waals surface area (Å²) in [6.07, 6.45) is 1.92. The number of carbonyl (C=O) groups is 1. The lowest BCUT2D eigenvalue weighted by atomic mass is 10.0. The van der Waals surface area contributed by atoms with Crippen LogP contribution in [0.2, 0.25) is 0 Å². The SMILES string of the molecule is CC1OCc2c1cnc1ccc(C(N)=O)cc21. The molecule has 1 aliphatic rings. The van der Waals surface area contributed by atoms with E-state index in [9.17, 15) is 4.79 Å². The van der Waals surface area contributed by atoms with Gasteiger partial charge in [-0.2, -0.15) is 0 Å². The maximum absolute atomic E-state index is 11.2. The largest absolute Gasteiger partial charge is 0.369 e. The molecule has 1 aromatic heterocycles. The number of fused-ring (bicyclic) bond motifs is 3. The van der Waals surface area contributed by atoms with E-state index in [1.54, 1.807) is 12.1 Å². The summed E-state index contributed by atoms with van der Waals surface area (Å²) in [6.45, 7) is 2.56. The third kappa shape index (κ3) is 1.49. The molecule has 17 heavy (non-hydrogen) atoms. The molecule has 1 unspecified atom stereocenters. The topological polar surface area (TPSA) is 65.2 Å². The van der Waals surface area contributed by atoms with Gasteiger partial charge in [0.05, 0.1) is 18.2 Å². The highest BCUT2D eigenvalue weighted by molar-refractivity contribution is 5.97. The Morgan fingerprint density at radius 3 is 3.12 bits per heavy atom. The van der Waals surface area contributed by atoms with Gasteiger partial charge in [0.15, 0.2) is 0 Å². The highest BCUT2D eigenvalue weighted by Gasteiger charge is 2.22. The van der Waals surface area contributed by atoms with E-state index in [4.69, 9.17) is 10.5 Å². The smallest absolute Gasteiger partial charge is 0.248 e. The lowest BCUT2D eigenvalue weighted by molar-refractivity contribution is 0.0798. The van der Waals surface area contributed by atoms with Crippen LogP contribution in [0.5, 0.6) is 0 Å². The van der Waals surface area contributed by atoms with Crippen LogP contribution in [0.25, 0.3) is 10.9 Å². The fourth-order valence-electron chi connectivity index (χ4n) is 2.23. The number of primary amides is 1. The van der Waals surface area contributed by atoms with Crippen LogP contribution in [0.3, 0.4) is 0 Å². The summed E-state index contributed by atoms with van der Waals surface area (Å²) in [4.78, 5) is 15.6. The van der Waals surface area contributed by atoms with Gasteiger partial charge in [-0.1, -0.05) is 0 Å². The first kappa shape index (κ1) is 10.2. The van der Waals surface area contributed by atoms with Crippen LogP contribution >= 0.6 is 0 Å². The number of carbonyl (C=O) groups excluding carboxylic acids is 1. The Kier molecular flexibility index (Phi) is 2.12. The van der Waals surface area contributed by atoms with Gasteiger partial charge in [-0.3, -0.25) is 9.78 Å². The standard InChI is InChI=1S/C13H12N2O2/c1-7-10-5-15-12-3-2-8(13(14)16)4-9(12)11(10)6-17-7/h2-5,7H,6H2,1H3,(H2,14,16). The minimum Gasteiger partial charge on any atom is -0.369 e. The van der Waals surface area contributed by atoms with Crippen molar-refractivity contribution in [3.05, 3.63) is 41.1 Å². The van der Waals surface area contributed by atoms with Gasteiger partial charge in [0.1, 0.15) is 0 Å². The van der Waals surface area contributed by atoms with Crippen LogP contribution in [0.15, 0.2) is 24.4 Å². The third-order valence-electron chi connectivity index (χ3n) is 3.21. The van der Waals surface area contributed by atoms with E-state index >= 15 is 0 Å². The average Bonchev–Trinajstić information content (AvgIpc) is 2.71. The maximum atomic E-state index is 11.2. The molecule has 3 rings (SSSR count). The lowest BCUT2D eigenvalue weighted by Crippen LogP contribution is -2.10. The molecule has 0 saturated carbocycles. The van der Waals surface area contributed by atoms with E-state index in [0.717, 1.165) is 22.0 Å². The zero-order valence-corrected chi connectivity index (χ0v) is 9.43. The van der Waals surface area contributed by atoms with E-state index in [1.807, 2.05) is 19.2 Å². The number of hydrogen-bond acceptors (Lipinski definition) is 3. The number of benzene rings is 1. The van der Waals surface area contributed by atoms with Crippen LogP contribution in [0, 0.1) is 0 Å². The zero-order chi connectivity index (χ0) is 12.0. The number of nitrogens with two attached hydrogens (primary N) is 1. The average molecular weight is 228 g/mol. The molecule has 1 aliphatic heterocycles. The Bertz CT molecular complexity index is 622. The minimum atomic E-state index is -0.420. The van der Waals surface area contributed by atoms with Crippen LogP contribution < -0.4 is 5.73 Å². The van der Waals surface area contributed by atoms with Crippen molar-refractivity contribution in [2.75, 3.05) is 0 Å². The van der Waals surface area contributed by atoms with E-state index in [0.29, 0.717) is 12.2 Å². The molecule has 0 aliphatic carbocycles. The number of pyridine rings is 1. The molecule has 4 heteroatoms. The summed E-state index contributed by atoms with van der Waals surface area (Å²) in [5.74, 6) is -0.420. The fourth-order valence-corrected chi connectivity index (χ4v) is 2.23. The van der Waals surface area contributed by atoms with E-state index in [-0.39, 0.29) is 6.10 Å². The van der Waals surface area contributed by atoms with Crippen molar-refractivity contribution in [1.29, 1.82) is 0 Å². The van der Waals surface area contributed by atoms with Crippen molar-refractivity contribution in [3.63, 3.8) is 0 Å². The molecular weight excluding hydrogens is 216 g/mol. The van der Waals surface area contributed by atoms with Crippen molar-refractivity contribution in [2.45, 2.75) is 19.6 Å². The maximum Gasteiger partial charge on any atom is 0.248 e. The summed E-state index contributed by atoms with van der Waals surface area (Å²) in [5.41, 5.74) is 8.87. The lowest BCUT2D eigenvalue weighted by Gasteiger charge is -2.06. The molecular formula is C13H12N2O2. The molecule has 2 N–H and O–H groups in total. The molecule has 4 nitrogen and oxygen atoms in total. The Labute approximate surface area is 98.4 Å². The van der Waals surface area contributed by atoms with Crippen molar-refractivity contribution in [2.24, 2.45) is 5.73 Å². The van der Waals surface area contributed by atoms with Gasteiger partial charge < -0.3 is 10.5 Å². The van der Waals surface area contributed by atoms with Crippen molar-refractivity contribution >= 4 is 16.8 Å². The van der Waals surface area contributed by atoms with Gasteiger partial charge in [-0.25, -0.2) is 0 Å². The molecule has 1 amide bonds. The first-order chi connectivity index (χ1) is 8.16. The number of hydrogen-bond donors (Lipinski definition) is 1. The highest BCUT2D eigenvalue weighted by atomic mass is 16.5. The third-order valence-corrected chi connectivity index (χ3v) is 3.21. The van der Waals surface area contributed by atoms with Crippen LogP contribution in [0.4, 0.5) is 0 Å². The molecule has 2 heterocycles. The number of nitrogens with zero attached hydrogens (tertiary/aromatic N) is 1. The Hall–Kier alpha value is -1.94. The van der Waals surface area contributed by atoms with Gasteiger partial charge in [0.2, 0.25) is 5.91 Å². The van der Waals surface area contributed by atoms with Gasteiger partial charge in [-0.05, 0) is 30.7 Å². The Morgan fingerprint density at radius 2 is 2.35 bits per heavy atom.